The predicted octanol–water partition coefficient (Wildman–Crippen LogP) is 1.96. The van der Waals surface area contributed by atoms with Crippen LogP contribution in [0.1, 0.15) is 30.1 Å². The lowest BCUT2D eigenvalue weighted by Crippen LogP contribution is -2.35. The molecule has 1 aromatic carbocycles. The van der Waals surface area contributed by atoms with Crippen LogP contribution in [0.4, 0.5) is 0 Å². The highest BCUT2D eigenvalue weighted by Crippen LogP contribution is 2.39. The highest BCUT2D eigenvalue weighted by molar-refractivity contribution is 6.32. The van der Waals surface area contributed by atoms with Crippen molar-refractivity contribution in [3.63, 3.8) is 0 Å². The molecule has 1 aliphatic rings. The first-order valence-corrected chi connectivity index (χ1v) is 6.54. The molecular formula is C13H16ClNO4. The number of halogens is 1. The molecule has 0 saturated carbocycles. The SMILES string of the molecule is CCC(CCO)NC(=O)c1cc(Cl)c2c(c1)OCO2. The van der Waals surface area contributed by atoms with Gasteiger partial charge >= 0.3 is 0 Å². The number of rotatable bonds is 5. The van der Waals surface area contributed by atoms with Crippen molar-refractivity contribution in [1.82, 2.24) is 5.32 Å². The van der Waals surface area contributed by atoms with Crippen molar-refractivity contribution < 1.29 is 19.4 Å². The van der Waals surface area contributed by atoms with Gasteiger partial charge in [0, 0.05) is 18.2 Å². The second kappa shape index (κ2) is 6.12. The Bertz CT molecular complexity index is 478. The smallest absolute Gasteiger partial charge is 0.251 e. The van der Waals surface area contributed by atoms with Gasteiger partial charge in [-0.3, -0.25) is 4.79 Å². The van der Waals surface area contributed by atoms with E-state index in [0.29, 0.717) is 28.5 Å². The van der Waals surface area contributed by atoms with Gasteiger partial charge in [0.05, 0.1) is 5.02 Å². The third-order valence-corrected chi connectivity index (χ3v) is 3.28. The summed E-state index contributed by atoms with van der Waals surface area (Å²) in [5, 5.41) is 12.1. The Morgan fingerprint density at radius 2 is 2.32 bits per heavy atom. The van der Waals surface area contributed by atoms with E-state index in [-0.39, 0.29) is 25.3 Å². The molecule has 0 spiro atoms. The van der Waals surface area contributed by atoms with Crippen LogP contribution in [0.25, 0.3) is 0 Å². The maximum atomic E-state index is 12.1. The molecule has 5 nitrogen and oxygen atoms in total. The fourth-order valence-electron chi connectivity index (χ4n) is 1.90. The summed E-state index contributed by atoms with van der Waals surface area (Å²) in [6.45, 7) is 2.11. The molecular weight excluding hydrogens is 270 g/mol. The second-order valence-electron chi connectivity index (χ2n) is 4.28. The molecule has 0 aromatic heterocycles. The summed E-state index contributed by atoms with van der Waals surface area (Å²) >= 11 is 6.03. The van der Waals surface area contributed by atoms with Gasteiger partial charge in [0.15, 0.2) is 11.5 Å². The lowest BCUT2D eigenvalue weighted by Gasteiger charge is -2.16. The van der Waals surface area contributed by atoms with Gasteiger partial charge in [-0.15, -0.1) is 0 Å². The standard InChI is InChI=1S/C13H16ClNO4/c1-2-9(3-4-16)15-13(17)8-5-10(14)12-11(6-8)18-7-19-12/h5-6,9,16H,2-4,7H2,1H3,(H,15,17). The van der Waals surface area contributed by atoms with E-state index >= 15 is 0 Å². The number of hydrogen-bond donors (Lipinski definition) is 2. The molecule has 0 radical (unpaired) electrons. The van der Waals surface area contributed by atoms with Crippen molar-refractivity contribution in [2.45, 2.75) is 25.8 Å². The molecule has 0 fully saturated rings. The third-order valence-electron chi connectivity index (χ3n) is 2.99. The zero-order valence-electron chi connectivity index (χ0n) is 10.6. The summed E-state index contributed by atoms with van der Waals surface area (Å²) in [7, 11) is 0. The molecule has 19 heavy (non-hydrogen) atoms. The van der Waals surface area contributed by atoms with Crippen molar-refractivity contribution in [3.8, 4) is 11.5 Å². The largest absolute Gasteiger partial charge is 0.454 e. The van der Waals surface area contributed by atoms with Crippen LogP contribution < -0.4 is 14.8 Å². The molecule has 1 amide bonds. The Labute approximate surface area is 116 Å². The Hall–Kier alpha value is -1.46. The van der Waals surface area contributed by atoms with Crippen LogP contribution in [0.2, 0.25) is 5.02 Å². The Kier molecular flexibility index (Phi) is 4.50. The number of fused-ring (bicyclic) bond motifs is 1. The predicted molar refractivity (Wildman–Crippen MR) is 70.8 cm³/mol. The van der Waals surface area contributed by atoms with E-state index in [1.165, 1.54) is 0 Å². The maximum Gasteiger partial charge on any atom is 0.251 e. The average Bonchev–Trinajstić information content (AvgIpc) is 2.86. The van der Waals surface area contributed by atoms with Crippen LogP contribution in [0, 0.1) is 0 Å². The Morgan fingerprint density at radius 3 is 3.00 bits per heavy atom. The number of hydrogen-bond acceptors (Lipinski definition) is 4. The minimum atomic E-state index is -0.236. The van der Waals surface area contributed by atoms with Crippen LogP contribution in [-0.2, 0) is 0 Å². The molecule has 2 rings (SSSR count). The second-order valence-corrected chi connectivity index (χ2v) is 4.69. The van der Waals surface area contributed by atoms with Gasteiger partial charge in [-0.2, -0.15) is 0 Å². The van der Waals surface area contributed by atoms with Gasteiger partial charge in [0.1, 0.15) is 0 Å². The van der Waals surface area contributed by atoms with E-state index < -0.39 is 0 Å². The molecule has 1 heterocycles. The number of nitrogens with one attached hydrogen (secondary N) is 1. The fourth-order valence-corrected chi connectivity index (χ4v) is 2.17. The summed E-state index contributed by atoms with van der Waals surface area (Å²) in [5.74, 6) is 0.717. The van der Waals surface area contributed by atoms with E-state index in [2.05, 4.69) is 5.32 Å². The number of carbonyl (C=O) groups is 1. The zero-order chi connectivity index (χ0) is 13.8. The fraction of sp³-hybridized carbons (Fsp3) is 0.462. The molecule has 2 N–H and O–H groups in total. The lowest BCUT2D eigenvalue weighted by atomic mass is 10.1. The normalized spacial score (nSPS) is 14.3. The number of carbonyl (C=O) groups excluding carboxylic acids is 1. The minimum absolute atomic E-state index is 0.0423. The Balaban J connectivity index is 2.13. The monoisotopic (exact) mass is 285 g/mol. The van der Waals surface area contributed by atoms with Gasteiger partial charge < -0.3 is 19.9 Å². The third kappa shape index (κ3) is 3.11. The summed E-state index contributed by atoms with van der Waals surface area (Å²) in [6.07, 6.45) is 1.28. The molecule has 1 aromatic rings. The van der Waals surface area contributed by atoms with Gasteiger partial charge in [-0.05, 0) is 25.0 Å². The van der Waals surface area contributed by atoms with E-state index in [1.807, 2.05) is 6.92 Å². The van der Waals surface area contributed by atoms with E-state index in [1.54, 1.807) is 12.1 Å². The van der Waals surface area contributed by atoms with Crippen LogP contribution in [0.15, 0.2) is 12.1 Å². The summed E-state index contributed by atoms with van der Waals surface area (Å²) in [5.41, 5.74) is 0.422. The van der Waals surface area contributed by atoms with E-state index in [9.17, 15) is 4.79 Å². The molecule has 0 bridgehead atoms. The van der Waals surface area contributed by atoms with Gasteiger partial charge in [-0.1, -0.05) is 18.5 Å². The van der Waals surface area contributed by atoms with Crippen LogP contribution in [0.3, 0.4) is 0 Å². The summed E-state index contributed by atoms with van der Waals surface area (Å²) < 4.78 is 10.4. The molecule has 1 atom stereocenters. The average molecular weight is 286 g/mol. The first kappa shape index (κ1) is 14.0. The van der Waals surface area contributed by atoms with Crippen LogP contribution >= 0.6 is 11.6 Å². The van der Waals surface area contributed by atoms with Crippen molar-refractivity contribution in [1.29, 1.82) is 0 Å². The highest BCUT2D eigenvalue weighted by atomic mass is 35.5. The number of benzene rings is 1. The van der Waals surface area contributed by atoms with Crippen LogP contribution in [0.5, 0.6) is 11.5 Å². The first-order chi connectivity index (χ1) is 9.15. The topological polar surface area (TPSA) is 67.8 Å². The molecule has 0 saturated heterocycles. The molecule has 104 valence electrons. The van der Waals surface area contributed by atoms with Gasteiger partial charge in [0.2, 0.25) is 6.79 Å². The molecule has 1 aliphatic heterocycles. The Morgan fingerprint density at radius 1 is 1.53 bits per heavy atom. The van der Waals surface area contributed by atoms with Crippen molar-refractivity contribution >= 4 is 17.5 Å². The van der Waals surface area contributed by atoms with Gasteiger partial charge in [0.25, 0.3) is 5.91 Å². The number of aliphatic hydroxyl groups excluding tert-OH is 1. The lowest BCUT2D eigenvalue weighted by molar-refractivity contribution is 0.0928. The van der Waals surface area contributed by atoms with Gasteiger partial charge in [-0.25, -0.2) is 0 Å². The summed E-state index contributed by atoms with van der Waals surface area (Å²) in [4.78, 5) is 12.1. The van der Waals surface area contributed by atoms with E-state index in [0.717, 1.165) is 6.42 Å². The molecule has 6 heteroatoms. The minimum Gasteiger partial charge on any atom is -0.454 e. The highest BCUT2D eigenvalue weighted by Gasteiger charge is 2.21. The van der Waals surface area contributed by atoms with Crippen molar-refractivity contribution in [2.75, 3.05) is 13.4 Å². The summed E-state index contributed by atoms with van der Waals surface area (Å²) in [6, 6.07) is 3.10. The number of aliphatic hydroxyl groups is 1. The molecule has 1 unspecified atom stereocenters. The van der Waals surface area contributed by atoms with E-state index in [4.69, 9.17) is 26.2 Å². The maximum absolute atomic E-state index is 12.1. The zero-order valence-corrected chi connectivity index (χ0v) is 11.4. The van der Waals surface area contributed by atoms with Crippen LogP contribution in [-0.4, -0.2) is 30.5 Å². The number of ether oxygens (including phenoxy) is 2. The van der Waals surface area contributed by atoms with Crippen molar-refractivity contribution in [2.24, 2.45) is 0 Å². The van der Waals surface area contributed by atoms with Crippen molar-refractivity contribution in [3.05, 3.63) is 22.7 Å². The quantitative estimate of drug-likeness (QED) is 0.868. The number of amides is 1. The first-order valence-electron chi connectivity index (χ1n) is 6.16. The molecule has 0 aliphatic carbocycles.